The van der Waals surface area contributed by atoms with Crippen molar-refractivity contribution in [2.75, 3.05) is 19.0 Å². The van der Waals surface area contributed by atoms with Crippen LogP contribution in [-0.2, 0) is 11.3 Å². The highest BCUT2D eigenvalue weighted by Crippen LogP contribution is 2.10. The summed E-state index contributed by atoms with van der Waals surface area (Å²) in [6.45, 7) is 1.87. The van der Waals surface area contributed by atoms with Crippen LogP contribution in [0.5, 0.6) is 0 Å². The summed E-state index contributed by atoms with van der Waals surface area (Å²) in [7, 11) is 0. The molecule has 0 atom stereocenters. The number of benzene rings is 1. The van der Waals surface area contributed by atoms with Crippen molar-refractivity contribution >= 4 is 23.7 Å². The third kappa shape index (κ3) is 3.44. The van der Waals surface area contributed by atoms with Crippen LogP contribution in [0.1, 0.15) is 5.56 Å². The number of hydrogen-bond donors (Lipinski definition) is 0. The zero-order chi connectivity index (χ0) is 12.8. The molecule has 1 amide bonds. The van der Waals surface area contributed by atoms with Crippen molar-refractivity contribution in [2.24, 2.45) is 4.99 Å². The van der Waals surface area contributed by atoms with Crippen molar-refractivity contribution in [3.8, 4) is 0 Å². The fourth-order valence-electron chi connectivity index (χ4n) is 1.85. The molecule has 1 heterocycles. The van der Waals surface area contributed by atoms with Gasteiger partial charge in [0.25, 0.3) is 0 Å². The molecule has 94 valence electrons. The molecule has 0 aliphatic carbocycles. The van der Waals surface area contributed by atoms with Gasteiger partial charge in [0.05, 0.1) is 6.54 Å². The highest BCUT2D eigenvalue weighted by Gasteiger charge is 2.15. The summed E-state index contributed by atoms with van der Waals surface area (Å²) in [4.78, 5) is 17.7. The van der Waals surface area contributed by atoms with E-state index in [0.29, 0.717) is 19.6 Å². The fourth-order valence-corrected chi connectivity index (χ4v) is 2.02. The molecule has 1 aliphatic heterocycles. The van der Waals surface area contributed by atoms with Gasteiger partial charge < -0.3 is 4.90 Å². The van der Waals surface area contributed by atoms with E-state index >= 15 is 0 Å². The second-order valence-electron chi connectivity index (χ2n) is 4.18. The summed E-state index contributed by atoms with van der Waals surface area (Å²) in [5.41, 5.74) is 2.25. The molecule has 18 heavy (non-hydrogen) atoms. The SMILES string of the molecule is O=C(CCl)N(CC1=CC=NC1)Cc1ccccc1. The van der Waals surface area contributed by atoms with Gasteiger partial charge in [-0.2, -0.15) is 0 Å². The standard InChI is InChI=1S/C14H15ClN2O/c15-8-14(18)17(11-13-6-7-16-9-13)10-12-4-2-1-3-5-12/h1-7H,8-11H2. The predicted octanol–water partition coefficient (Wildman–Crippen LogP) is 2.26. The Morgan fingerprint density at radius 3 is 2.67 bits per heavy atom. The number of halogens is 1. The maximum atomic E-state index is 11.8. The largest absolute Gasteiger partial charge is 0.333 e. The average Bonchev–Trinajstić information content (AvgIpc) is 2.91. The first-order valence-electron chi connectivity index (χ1n) is 5.85. The van der Waals surface area contributed by atoms with E-state index in [9.17, 15) is 4.79 Å². The molecular formula is C14H15ClN2O. The molecule has 0 bridgehead atoms. The van der Waals surface area contributed by atoms with Gasteiger partial charge in [-0.1, -0.05) is 30.3 Å². The van der Waals surface area contributed by atoms with Crippen molar-refractivity contribution in [2.45, 2.75) is 6.54 Å². The van der Waals surface area contributed by atoms with Gasteiger partial charge in [0.2, 0.25) is 5.91 Å². The van der Waals surface area contributed by atoms with Crippen LogP contribution in [0.2, 0.25) is 0 Å². The lowest BCUT2D eigenvalue weighted by Crippen LogP contribution is -2.33. The fraction of sp³-hybridized carbons (Fsp3) is 0.286. The molecule has 0 aromatic heterocycles. The molecule has 1 aromatic carbocycles. The van der Waals surface area contributed by atoms with Gasteiger partial charge in [-0.15, -0.1) is 11.6 Å². The number of alkyl halides is 1. The predicted molar refractivity (Wildman–Crippen MR) is 74.0 cm³/mol. The average molecular weight is 263 g/mol. The highest BCUT2D eigenvalue weighted by molar-refractivity contribution is 6.27. The second kappa shape index (κ2) is 6.36. The van der Waals surface area contributed by atoms with Crippen LogP contribution in [0.4, 0.5) is 0 Å². The van der Waals surface area contributed by atoms with E-state index in [4.69, 9.17) is 11.6 Å². The van der Waals surface area contributed by atoms with E-state index in [1.165, 1.54) is 0 Å². The van der Waals surface area contributed by atoms with Crippen molar-refractivity contribution in [3.05, 3.63) is 47.5 Å². The van der Waals surface area contributed by atoms with Gasteiger partial charge in [-0.05, 0) is 17.2 Å². The lowest BCUT2D eigenvalue weighted by molar-refractivity contribution is -0.128. The van der Waals surface area contributed by atoms with E-state index in [0.717, 1.165) is 11.1 Å². The Balaban J connectivity index is 2.03. The topological polar surface area (TPSA) is 32.7 Å². The Hall–Kier alpha value is -1.61. The van der Waals surface area contributed by atoms with Crippen LogP contribution in [-0.4, -0.2) is 36.0 Å². The number of amides is 1. The number of carbonyl (C=O) groups excluding carboxylic acids is 1. The smallest absolute Gasteiger partial charge is 0.238 e. The first kappa shape index (κ1) is 12.8. The molecule has 0 spiro atoms. The Bertz CT molecular complexity index is 468. The zero-order valence-corrected chi connectivity index (χ0v) is 10.8. The van der Waals surface area contributed by atoms with E-state index < -0.39 is 0 Å². The second-order valence-corrected chi connectivity index (χ2v) is 4.45. The number of hydrogen-bond acceptors (Lipinski definition) is 2. The van der Waals surface area contributed by atoms with Crippen molar-refractivity contribution in [1.82, 2.24) is 4.90 Å². The number of nitrogens with zero attached hydrogens (tertiary/aromatic N) is 2. The van der Waals surface area contributed by atoms with Crippen LogP contribution in [0.25, 0.3) is 0 Å². The highest BCUT2D eigenvalue weighted by atomic mass is 35.5. The van der Waals surface area contributed by atoms with Gasteiger partial charge in [-0.25, -0.2) is 0 Å². The third-order valence-corrected chi connectivity index (χ3v) is 3.02. The summed E-state index contributed by atoms with van der Waals surface area (Å²) in [5.74, 6) is -0.0330. The minimum Gasteiger partial charge on any atom is -0.333 e. The molecule has 2 rings (SSSR count). The molecule has 4 heteroatoms. The minimum absolute atomic E-state index is 0.0149. The molecule has 0 N–H and O–H groups in total. The molecule has 0 saturated heterocycles. The van der Waals surface area contributed by atoms with Gasteiger partial charge in [0, 0.05) is 19.3 Å². The summed E-state index contributed by atoms with van der Waals surface area (Å²) in [6, 6.07) is 9.92. The zero-order valence-electron chi connectivity index (χ0n) is 10.1. The van der Waals surface area contributed by atoms with Crippen LogP contribution < -0.4 is 0 Å². The number of allylic oxidation sites excluding steroid dienone is 1. The summed E-state index contributed by atoms with van der Waals surface area (Å²) < 4.78 is 0. The lowest BCUT2D eigenvalue weighted by Gasteiger charge is -2.22. The molecule has 1 aromatic rings. The van der Waals surface area contributed by atoms with Crippen LogP contribution >= 0.6 is 11.6 Å². The van der Waals surface area contributed by atoms with E-state index in [2.05, 4.69) is 4.99 Å². The van der Waals surface area contributed by atoms with Crippen LogP contribution in [0, 0.1) is 0 Å². The van der Waals surface area contributed by atoms with Gasteiger partial charge in [0.1, 0.15) is 5.88 Å². The monoisotopic (exact) mass is 262 g/mol. The quantitative estimate of drug-likeness (QED) is 0.750. The molecule has 3 nitrogen and oxygen atoms in total. The first-order valence-corrected chi connectivity index (χ1v) is 6.38. The van der Waals surface area contributed by atoms with E-state index in [1.54, 1.807) is 11.1 Å². The Morgan fingerprint density at radius 2 is 2.06 bits per heavy atom. The molecule has 0 radical (unpaired) electrons. The van der Waals surface area contributed by atoms with Gasteiger partial charge >= 0.3 is 0 Å². The van der Waals surface area contributed by atoms with Gasteiger partial charge in [-0.3, -0.25) is 9.79 Å². The van der Waals surface area contributed by atoms with Crippen molar-refractivity contribution < 1.29 is 4.79 Å². The molecule has 1 aliphatic rings. The third-order valence-electron chi connectivity index (χ3n) is 2.79. The van der Waals surface area contributed by atoms with E-state index in [-0.39, 0.29) is 11.8 Å². The summed E-state index contributed by atoms with van der Waals surface area (Å²) in [5, 5.41) is 0. The molecule has 0 fully saturated rings. The Labute approximate surface area is 112 Å². The Kier molecular flexibility index (Phi) is 4.53. The van der Waals surface area contributed by atoms with Crippen molar-refractivity contribution in [1.29, 1.82) is 0 Å². The Morgan fingerprint density at radius 1 is 1.28 bits per heavy atom. The molecule has 0 saturated carbocycles. The normalized spacial score (nSPS) is 13.5. The summed E-state index contributed by atoms with van der Waals surface area (Å²) in [6.07, 6.45) is 3.74. The maximum Gasteiger partial charge on any atom is 0.238 e. The number of aliphatic imine (C=N–C) groups is 1. The minimum atomic E-state index is -0.0479. The van der Waals surface area contributed by atoms with Gasteiger partial charge in [0.15, 0.2) is 0 Å². The summed E-state index contributed by atoms with van der Waals surface area (Å²) >= 11 is 5.66. The number of carbonyl (C=O) groups is 1. The number of rotatable bonds is 5. The van der Waals surface area contributed by atoms with Crippen LogP contribution in [0.3, 0.4) is 0 Å². The lowest BCUT2D eigenvalue weighted by atomic mass is 10.2. The molecular weight excluding hydrogens is 248 g/mol. The maximum absolute atomic E-state index is 11.8. The molecule has 0 unspecified atom stereocenters. The first-order chi connectivity index (χ1) is 8.79. The van der Waals surface area contributed by atoms with Crippen LogP contribution in [0.15, 0.2) is 47.0 Å². The van der Waals surface area contributed by atoms with Crippen molar-refractivity contribution in [3.63, 3.8) is 0 Å². The van der Waals surface area contributed by atoms with E-state index in [1.807, 2.05) is 36.4 Å².